The molecule has 12 heteroatoms. The van der Waals surface area contributed by atoms with Gasteiger partial charge in [-0.15, -0.1) is 0 Å². The summed E-state index contributed by atoms with van der Waals surface area (Å²) in [6.07, 6.45) is 3.73. The monoisotopic (exact) mass is 806 g/mol. The molecule has 6 atom stereocenters. The van der Waals surface area contributed by atoms with E-state index < -0.39 is 17.0 Å². The molecule has 59 heavy (non-hydrogen) atoms. The number of anilines is 1. The molecule has 1 amide bonds. The van der Waals surface area contributed by atoms with Gasteiger partial charge in [0.05, 0.1) is 39.9 Å². The van der Waals surface area contributed by atoms with Gasteiger partial charge in [0, 0.05) is 68.8 Å². The maximum atomic E-state index is 16.5. The summed E-state index contributed by atoms with van der Waals surface area (Å²) in [6, 6.07) is 12.9. The first-order valence-electron chi connectivity index (χ1n) is 21.7. The largest absolute Gasteiger partial charge is 0.367 e. The Hall–Kier alpha value is -4.42. The number of carbonyl (C=O) groups excluding carboxylic acids is 1. The first kappa shape index (κ1) is 40.0. The molecule has 2 aromatic carbocycles. The second-order valence-corrected chi connectivity index (χ2v) is 18.8. The fraction of sp³-hybridized carbons (Fsp3) is 0.553. The molecule has 4 aliphatic carbocycles. The summed E-state index contributed by atoms with van der Waals surface area (Å²) in [6.45, 7) is 19.1. The first-order chi connectivity index (χ1) is 28.2. The van der Waals surface area contributed by atoms with Crippen molar-refractivity contribution in [3.63, 3.8) is 0 Å². The molecule has 10 rings (SSSR count). The Morgan fingerprint density at radius 1 is 0.729 bits per heavy atom. The van der Waals surface area contributed by atoms with Crippen LogP contribution >= 0.6 is 0 Å². The highest BCUT2D eigenvalue weighted by molar-refractivity contribution is 5.79. The molecule has 4 aromatic rings. The molecule has 4 fully saturated rings. The van der Waals surface area contributed by atoms with E-state index in [9.17, 15) is 13.6 Å². The van der Waals surface area contributed by atoms with Crippen molar-refractivity contribution in [2.45, 2.75) is 109 Å². The van der Waals surface area contributed by atoms with Crippen LogP contribution in [0.3, 0.4) is 0 Å². The molecule has 9 nitrogen and oxygen atoms in total. The molecule has 4 heterocycles. The summed E-state index contributed by atoms with van der Waals surface area (Å²) < 4.78 is 46.4. The molecule has 0 radical (unpaired) electrons. The quantitative estimate of drug-likeness (QED) is 0.217. The molecule has 2 aromatic heterocycles. The zero-order valence-electron chi connectivity index (χ0n) is 35.7. The van der Waals surface area contributed by atoms with E-state index in [0.29, 0.717) is 36.8 Å². The minimum absolute atomic E-state index is 0.0334. The van der Waals surface area contributed by atoms with Crippen molar-refractivity contribution in [1.82, 2.24) is 35.5 Å². The fourth-order valence-electron chi connectivity index (χ4n) is 13.3. The maximum Gasteiger partial charge on any atom is 0.219 e. The van der Waals surface area contributed by atoms with Gasteiger partial charge < -0.3 is 20.0 Å². The average Bonchev–Trinajstić information content (AvgIpc) is 3.80. The number of benzene rings is 2. The number of halogens is 3. The van der Waals surface area contributed by atoms with Crippen LogP contribution in [0.25, 0.3) is 22.5 Å². The molecular weight excluding hydrogens is 750 g/mol. The van der Waals surface area contributed by atoms with Crippen molar-refractivity contribution in [2.75, 3.05) is 51.2 Å². The highest BCUT2D eigenvalue weighted by Crippen LogP contribution is 2.70. The normalized spacial score (nSPS) is 29.9. The second-order valence-electron chi connectivity index (χ2n) is 18.8. The smallest absolute Gasteiger partial charge is 0.219 e. The van der Waals surface area contributed by atoms with Crippen molar-refractivity contribution in [3.05, 3.63) is 88.5 Å². The predicted octanol–water partition coefficient (Wildman–Crippen LogP) is 8.00. The van der Waals surface area contributed by atoms with E-state index in [2.05, 4.69) is 61.0 Å². The summed E-state index contributed by atoms with van der Waals surface area (Å²) in [7, 11) is 2.19. The standard InChI is InChI=1S/C45H51F3N8O.C2H6/c1-25(57)56-20-19-55(24-37(56)45-16-14-29(43(45,4)5)27-21-33(50-53-41(27)45)38-30(46)9-7-10-31(38)47)35-12-8-11-32(48)39(35)34-22-26-28-13-15-44(42(28,2)3,40(26)52-51-34)36-23-54(6)18-17-49-36;1-2/h7-12,21-22,28-29,36-37,49H,13-20,23-24H2,1-6H3;1-2H3/t28-,29-,36-,37+,44?,45?;/m0./s1. The molecule has 0 spiro atoms. The molecule has 1 N–H and O–H groups in total. The lowest BCUT2D eigenvalue weighted by molar-refractivity contribution is -0.134. The van der Waals surface area contributed by atoms with Crippen LogP contribution in [0.2, 0.25) is 0 Å². The van der Waals surface area contributed by atoms with E-state index >= 15 is 4.39 Å². The zero-order valence-corrected chi connectivity index (χ0v) is 35.7. The minimum atomic E-state index is -0.684. The molecule has 6 aliphatic rings. The number of amides is 1. The number of likely N-dealkylation sites (N-methyl/N-ethyl adjacent to an activating group) is 1. The van der Waals surface area contributed by atoms with Crippen molar-refractivity contribution >= 4 is 11.6 Å². The summed E-state index contributed by atoms with van der Waals surface area (Å²) >= 11 is 0. The van der Waals surface area contributed by atoms with E-state index in [0.717, 1.165) is 68.0 Å². The maximum absolute atomic E-state index is 16.5. The molecule has 2 saturated carbocycles. The molecule has 312 valence electrons. The van der Waals surface area contributed by atoms with Gasteiger partial charge in [0.1, 0.15) is 17.5 Å². The van der Waals surface area contributed by atoms with Crippen LogP contribution in [0.1, 0.15) is 109 Å². The zero-order chi connectivity index (χ0) is 41.8. The third-order valence-electron chi connectivity index (χ3n) is 16.1. The van der Waals surface area contributed by atoms with Gasteiger partial charge in [-0.3, -0.25) is 4.79 Å². The van der Waals surface area contributed by atoms with E-state index in [-0.39, 0.29) is 57.2 Å². The summed E-state index contributed by atoms with van der Waals surface area (Å²) in [4.78, 5) is 20.1. The van der Waals surface area contributed by atoms with E-state index in [1.54, 1.807) is 13.0 Å². The van der Waals surface area contributed by atoms with Gasteiger partial charge in [0.2, 0.25) is 5.91 Å². The van der Waals surface area contributed by atoms with E-state index in [1.807, 2.05) is 30.9 Å². The van der Waals surface area contributed by atoms with Crippen molar-refractivity contribution in [1.29, 1.82) is 0 Å². The van der Waals surface area contributed by atoms with Gasteiger partial charge in [-0.25, -0.2) is 13.2 Å². The molecule has 2 unspecified atom stereocenters. The van der Waals surface area contributed by atoms with E-state index in [4.69, 9.17) is 15.3 Å². The number of aromatic nitrogens is 4. The van der Waals surface area contributed by atoms with Crippen LogP contribution < -0.4 is 10.2 Å². The lowest BCUT2D eigenvalue weighted by atomic mass is 9.63. The highest BCUT2D eigenvalue weighted by atomic mass is 19.1. The average molecular weight is 807 g/mol. The van der Waals surface area contributed by atoms with Crippen LogP contribution in [0, 0.1) is 28.3 Å². The van der Waals surface area contributed by atoms with Crippen LogP contribution in [-0.2, 0) is 15.6 Å². The third-order valence-corrected chi connectivity index (χ3v) is 16.1. The Balaban J connectivity index is 0.00000221. The lowest BCUT2D eigenvalue weighted by Gasteiger charge is -2.53. The number of piperazine rings is 2. The Bertz CT molecular complexity index is 2310. The number of nitrogens with one attached hydrogen (secondary N) is 1. The summed E-state index contributed by atoms with van der Waals surface area (Å²) in [5.74, 6) is -1.41. The lowest BCUT2D eigenvalue weighted by Crippen LogP contribution is -2.65. The van der Waals surface area contributed by atoms with E-state index in [1.165, 1.54) is 29.8 Å². The van der Waals surface area contributed by atoms with Crippen LogP contribution in [0.4, 0.5) is 18.9 Å². The Kier molecular flexibility index (Phi) is 9.55. The summed E-state index contributed by atoms with van der Waals surface area (Å²) in [5, 5.41) is 23.0. The minimum Gasteiger partial charge on any atom is -0.367 e. The van der Waals surface area contributed by atoms with Crippen molar-refractivity contribution in [2.24, 2.45) is 10.8 Å². The van der Waals surface area contributed by atoms with Crippen LogP contribution in [-0.4, -0.2) is 94.5 Å². The number of rotatable bonds is 5. The number of hydrogen-bond donors (Lipinski definition) is 1. The van der Waals surface area contributed by atoms with Gasteiger partial charge in [-0.2, -0.15) is 20.4 Å². The van der Waals surface area contributed by atoms with Crippen LogP contribution in [0.5, 0.6) is 0 Å². The van der Waals surface area contributed by atoms with Crippen molar-refractivity contribution < 1.29 is 18.0 Å². The third kappa shape index (κ3) is 5.39. The SMILES string of the molecule is CC.CC(=O)N1CCN(c2cccc(F)c2-c2cc3c(nn2)C2([C@@H]4CN(C)CCN4)CC[C@@H]3C2(C)C)C[C@@H]1C12CC[C@@H](c3cc(-c4c(F)cccc4F)nnc31)C2(C)C. The number of hydrogen-bond acceptors (Lipinski definition) is 8. The highest BCUT2D eigenvalue weighted by Gasteiger charge is 2.69. The van der Waals surface area contributed by atoms with Crippen LogP contribution in [0.15, 0.2) is 48.5 Å². The Labute approximate surface area is 346 Å². The topological polar surface area (TPSA) is 90.4 Å². The molecule has 4 bridgehead atoms. The van der Waals surface area contributed by atoms with Gasteiger partial charge in [-0.05, 0) is 103 Å². The fourth-order valence-corrected chi connectivity index (χ4v) is 13.3. The van der Waals surface area contributed by atoms with Gasteiger partial charge in [0.15, 0.2) is 0 Å². The van der Waals surface area contributed by atoms with Gasteiger partial charge in [0.25, 0.3) is 0 Å². The Morgan fingerprint density at radius 3 is 1.88 bits per heavy atom. The number of carbonyl (C=O) groups is 1. The van der Waals surface area contributed by atoms with Gasteiger partial charge >= 0.3 is 0 Å². The molecular formula is C47H57F3N8O. The first-order valence-corrected chi connectivity index (χ1v) is 21.7. The molecule has 2 aliphatic heterocycles. The van der Waals surface area contributed by atoms with Gasteiger partial charge in [-0.1, -0.05) is 53.7 Å². The second kappa shape index (κ2) is 14.1. The van der Waals surface area contributed by atoms with Crippen molar-refractivity contribution in [3.8, 4) is 22.5 Å². The Morgan fingerprint density at radius 2 is 1.27 bits per heavy atom. The number of nitrogens with zero attached hydrogens (tertiary/aromatic N) is 7. The number of fused-ring (bicyclic) bond motifs is 10. The predicted molar refractivity (Wildman–Crippen MR) is 224 cm³/mol. The molecule has 2 saturated heterocycles. The summed E-state index contributed by atoms with van der Waals surface area (Å²) in [5.41, 5.74) is 4.48.